The molecule has 0 saturated carbocycles. The van der Waals surface area contributed by atoms with Crippen molar-refractivity contribution >= 4 is 17.1 Å². The second-order valence-electron chi connectivity index (χ2n) is 3.65. The van der Waals surface area contributed by atoms with Gasteiger partial charge in [-0.05, 0) is 25.1 Å². The number of thiazole rings is 1. The maximum Gasteiger partial charge on any atom is 0.135 e. The van der Waals surface area contributed by atoms with E-state index >= 15 is 0 Å². The molecule has 0 aliphatic rings. The van der Waals surface area contributed by atoms with E-state index in [1.54, 1.807) is 5.38 Å². The lowest BCUT2D eigenvalue weighted by molar-refractivity contribution is -0.116. The molecule has 17 heavy (non-hydrogen) atoms. The summed E-state index contributed by atoms with van der Waals surface area (Å²) in [5, 5.41) is 2.07. The lowest BCUT2D eigenvalue weighted by atomic mass is 10.2. The van der Waals surface area contributed by atoms with E-state index in [2.05, 4.69) is 4.98 Å². The van der Waals surface area contributed by atoms with Crippen LogP contribution in [-0.2, 0) is 11.2 Å². The molecule has 0 atom stereocenters. The Hall–Kier alpha value is -1.62. The number of nitrogens with zero attached hydrogens (tertiary/aromatic N) is 1. The number of carbonyl (C=O) groups is 1. The minimum absolute atomic E-state index is 0.0124. The van der Waals surface area contributed by atoms with Crippen molar-refractivity contribution in [2.45, 2.75) is 13.3 Å². The third-order valence-corrected chi connectivity index (χ3v) is 3.07. The third-order valence-electron chi connectivity index (χ3n) is 2.14. The Bertz CT molecular complexity index is 565. The fourth-order valence-electron chi connectivity index (χ4n) is 1.43. The van der Waals surface area contributed by atoms with Crippen LogP contribution in [-0.4, -0.2) is 10.8 Å². The van der Waals surface area contributed by atoms with Gasteiger partial charge >= 0.3 is 0 Å². The molecule has 0 amide bonds. The monoisotopic (exact) mass is 253 g/mol. The molecule has 5 heteroatoms. The molecule has 0 bridgehead atoms. The van der Waals surface area contributed by atoms with Gasteiger partial charge in [-0.3, -0.25) is 4.79 Å². The summed E-state index contributed by atoms with van der Waals surface area (Å²) in [7, 11) is 0. The first-order valence-electron chi connectivity index (χ1n) is 4.95. The first-order chi connectivity index (χ1) is 8.06. The molecule has 1 heterocycles. The Morgan fingerprint density at radius 2 is 2.18 bits per heavy atom. The zero-order valence-corrected chi connectivity index (χ0v) is 9.85. The first-order valence-corrected chi connectivity index (χ1v) is 5.83. The van der Waals surface area contributed by atoms with Gasteiger partial charge in [-0.15, -0.1) is 11.3 Å². The van der Waals surface area contributed by atoms with Gasteiger partial charge in [-0.2, -0.15) is 0 Å². The maximum absolute atomic E-state index is 13.5. The van der Waals surface area contributed by atoms with E-state index in [0.29, 0.717) is 10.7 Å². The van der Waals surface area contributed by atoms with E-state index in [1.807, 2.05) is 0 Å². The molecule has 0 saturated heterocycles. The van der Waals surface area contributed by atoms with Crippen LogP contribution in [0, 0.1) is 11.6 Å². The number of ketones is 1. The van der Waals surface area contributed by atoms with Crippen molar-refractivity contribution in [1.29, 1.82) is 0 Å². The van der Waals surface area contributed by atoms with Crippen LogP contribution >= 0.6 is 11.3 Å². The predicted octanol–water partition coefficient (Wildman–Crippen LogP) is 3.22. The summed E-state index contributed by atoms with van der Waals surface area (Å²) in [6.07, 6.45) is 0.216. The summed E-state index contributed by atoms with van der Waals surface area (Å²) in [5.74, 6) is -1.04. The SMILES string of the molecule is CC(=O)Cc1csc(-c2cc(F)ccc2F)n1. The van der Waals surface area contributed by atoms with Crippen LogP contribution < -0.4 is 0 Å². The summed E-state index contributed by atoms with van der Waals surface area (Å²) in [6, 6.07) is 3.23. The largest absolute Gasteiger partial charge is 0.300 e. The fourth-order valence-corrected chi connectivity index (χ4v) is 2.27. The summed E-state index contributed by atoms with van der Waals surface area (Å²) < 4.78 is 26.5. The molecule has 2 aromatic rings. The van der Waals surface area contributed by atoms with Crippen molar-refractivity contribution < 1.29 is 13.6 Å². The van der Waals surface area contributed by atoms with Gasteiger partial charge < -0.3 is 0 Å². The van der Waals surface area contributed by atoms with E-state index in [4.69, 9.17) is 0 Å². The summed E-state index contributed by atoms with van der Waals surface area (Å²) >= 11 is 1.20. The minimum Gasteiger partial charge on any atom is -0.300 e. The molecule has 0 aliphatic heterocycles. The number of carbonyl (C=O) groups excluding carboxylic acids is 1. The third kappa shape index (κ3) is 2.74. The van der Waals surface area contributed by atoms with E-state index in [-0.39, 0.29) is 17.8 Å². The molecule has 0 unspecified atom stereocenters. The number of hydrogen-bond acceptors (Lipinski definition) is 3. The van der Waals surface area contributed by atoms with Gasteiger partial charge in [-0.1, -0.05) is 0 Å². The lowest BCUT2D eigenvalue weighted by Gasteiger charge is -1.98. The Kier molecular flexibility index (Phi) is 3.28. The number of Topliss-reactive ketones (excluding diaryl/α,β-unsaturated/α-hetero) is 1. The van der Waals surface area contributed by atoms with Gasteiger partial charge in [0.25, 0.3) is 0 Å². The maximum atomic E-state index is 13.5. The average molecular weight is 253 g/mol. The highest BCUT2D eigenvalue weighted by Crippen LogP contribution is 2.27. The number of benzene rings is 1. The van der Waals surface area contributed by atoms with Crippen molar-refractivity contribution in [3.8, 4) is 10.6 Å². The van der Waals surface area contributed by atoms with Crippen LogP contribution in [0.25, 0.3) is 10.6 Å². The Morgan fingerprint density at radius 3 is 2.88 bits per heavy atom. The molecule has 0 spiro atoms. The van der Waals surface area contributed by atoms with E-state index in [0.717, 1.165) is 18.2 Å². The minimum atomic E-state index is -0.518. The number of rotatable bonds is 3. The summed E-state index contributed by atoms with van der Waals surface area (Å²) in [4.78, 5) is 15.0. The standard InChI is InChI=1S/C12H9F2NOS/c1-7(16)4-9-6-17-12(15-9)10-5-8(13)2-3-11(10)14/h2-3,5-6H,4H2,1H3. The quantitative estimate of drug-likeness (QED) is 0.840. The smallest absolute Gasteiger partial charge is 0.135 e. The van der Waals surface area contributed by atoms with Crippen molar-refractivity contribution in [1.82, 2.24) is 4.98 Å². The summed E-state index contributed by atoms with van der Waals surface area (Å²) in [5.41, 5.74) is 0.714. The van der Waals surface area contributed by atoms with Crippen LogP contribution in [0.1, 0.15) is 12.6 Å². The first kappa shape index (κ1) is 11.9. The zero-order chi connectivity index (χ0) is 12.4. The molecule has 0 N–H and O–H groups in total. The van der Waals surface area contributed by atoms with E-state index < -0.39 is 11.6 Å². The van der Waals surface area contributed by atoms with E-state index in [9.17, 15) is 13.6 Å². The van der Waals surface area contributed by atoms with Gasteiger partial charge in [0.05, 0.1) is 5.69 Å². The molecule has 0 fully saturated rings. The van der Waals surface area contributed by atoms with E-state index in [1.165, 1.54) is 18.3 Å². The number of halogens is 2. The summed E-state index contributed by atoms with van der Waals surface area (Å²) in [6.45, 7) is 1.46. The van der Waals surface area contributed by atoms with Crippen molar-refractivity contribution in [3.63, 3.8) is 0 Å². The van der Waals surface area contributed by atoms with Gasteiger partial charge in [0.2, 0.25) is 0 Å². The second-order valence-corrected chi connectivity index (χ2v) is 4.51. The normalized spacial score (nSPS) is 10.5. The van der Waals surface area contributed by atoms with Gasteiger partial charge in [0.15, 0.2) is 0 Å². The second kappa shape index (κ2) is 4.71. The van der Waals surface area contributed by atoms with Gasteiger partial charge in [0, 0.05) is 17.4 Å². The van der Waals surface area contributed by atoms with Crippen LogP contribution in [0.4, 0.5) is 8.78 Å². The molecule has 0 aliphatic carbocycles. The Balaban J connectivity index is 2.36. The highest BCUT2D eigenvalue weighted by Gasteiger charge is 2.11. The molecule has 0 radical (unpaired) electrons. The van der Waals surface area contributed by atoms with Crippen molar-refractivity contribution in [2.75, 3.05) is 0 Å². The van der Waals surface area contributed by atoms with Crippen LogP contribution in [0.5, 0.6) is 0 Å². The molecule has 2 nitrogen and oxygen atoms in total. The molecule has 1 aromatic heterocycles. The molecule has 2 rings (SSSR count). The topological polar surface area (TPSA) is 30.0 Å². The Morgan fingerprint density at radius 1 is 1.41 bits per heavy atom. The Labute approximate surface area is 101 Å². The van der Waals surface area contributed by atoms with Crippen LogP contribution in [0.3, 0.4) is 0 Å². The number of aromatic nitrogens is 1. The molecular weight excluding hydrogens is 244 g/mol. The van der Waals surface area contributed by atoms with Crippen molar-refractivity contribution in [2.24, 2.45) is 0 Å². The van der Waals surface area contributed by atoms with Crippen LogP contribution in [0.2, 0.25) is 0 Å². The lowest BCUT2D eigenvalue weighted by Crippen LogP contribution is -1.96. The molecule has 1 aromatic carbocycles. The van der Waals surface area contributed by atoms with Gasteiger partial charge in [-0.25, -0.2) is 13.8 Å². The molecular formula is C12H9F2NOS. The highest BCUT2D eigenvalue weighted by molar-refractivity contribution is 7.13. The zero-order valence-electron chi connectivity index (χ0n) is 9.04. The highest BCUT2D eigenvalue weighted by atomic mass is 32.1. The average Bonchev–Trinajstić information content (AvgIpc) is 2.69. The predicted molar refractivity (Wildman–Crippen MR) is 61.9 cm³/mol. The number of hydrogen-bond donors (Lipinski definition) is 0. The van der Waals surface area contributed by atoms with Crippen molar-refractivity contribution in [3.05, 3.63) is 40.9 Å². The fraction of sp³-hybridized carbons (Fsp3) is 0.167. The molecule has 88 valence electrons. The van der Waals surface area contributed by atoms with Crippen LogP contribution in [0.15, 0.2) is 23.6 Å². The van der Waals surface area contributed by atoms with Gasteiger partial charge in [0.1, 0.15) is 22.4 Å².